The number of aliphatic hydroxyl groups is 1. The highest BCUT2D eigenvalue weighted by molar-refractivity contribution is 5.97. The Hall–Kier alpha value is -1.22. The summed E-state index contributed by atoms with van der Waals surface area (Å²) in [6.07, 6.45) is 12.3. The zero-order valence-electron chi connectivity index (χ0n) is 27.9. The molecule has 0 radical (unpaired) electrons. The first kappa shape index (κ1) is 31.4. The molecule has 3 saturated heterocycles. The molecule has 4 aliphatic carbocycles. The SMILES string of the molecule is C[C@H]1CC[C@@]2(OC1)O[C@H]1C[C@H]3[C@@H]4CC[C@@H]5C[C@H](NC(=O)CC(=O)N6CCN(CCO)CC6)CC[C@]5(C)[C@H]4CC[C@]3(C)[C@H]1[C@@H]2C. The minimum Gasteiger partial charge on any atom is -0.395 e. The van der Waals surface area contributed by atoms with Crippen molar-refractivity contribution in [3.05, 3.63) is 0 Å². The molecule has 7 aliphatic rings. The molecule has 248 valence electrons. The topological polar surface area (TPSA) is 91.3 Å². The van der Waals surface area contributed by atoms with Gasteiger partial charge in [0, 0.05) is 51.1 Å². The van der Waals surface area contributed by atoms with Gasteiger partial charge in [-0.2, -0.15) is 0 Å². The second kappa shape index (κ2) is 11.8. The van der Waals surface area contributed by atoms with Crippen LogP contribution in [0.2, 0.25) is 0 Å². The summed E-state index contributed by atoms with van der Waals surface area (Å²) in [6.45, 7) is 14.4. The highest BCUT2D eigenvalue weighted by Gasteiger charge is 2.69. The molecule has 0 aromatic rings. The highest BCUT2D eigenvalue weighted by Crippen LogP contribution is 2.71. The third-order valence-corrected chi connectivity index (χ3v) is 14.8. The molecule has 12 atom stereocenters. The molecule has 0 unspecified atom stereocenters. The van der Waals surface area contributed by atoms with E-state index in [4.69, 9.17) is 14.6 Å². The third kappa shape index (κ3) is 5.16. The van der Waals surface area contributed by atoms with Gasteiger partial charge in [0.1, 0.15) is 6.42 Å². The van der Waals surface area contributed by atoms with Gasteiger partial charge in [0.05, 0.1) is 19.3 Å². The Kier molecular flexibility index (Phi) is 8.41. The standard InChI is InChI=1S/C36H59N3O5/c1-23-7-12-36(43-22-23)24(2)33-30(44-36)20-29-27-6-5-25-19-26(8-10-34(25,3)28(27)9-11-35(29,33)4)37-31(41)21-32(42)39-15-13-38(14-16-39)17-18-40/h23-30,33,40H,5-22H2,1-4H3,(H,37,41)/t23-,24-,25+,26+,27+,28-,29-,30-,33-,34-,35-,36+/m0/s1. The maximum Gasteiger partial charge on any atom is 0.232 e. The van der Waals surface area contributed by atoms with E-state index in [1.807, 2.05) is 4.90 Å². The van der Waals surface area contributed by atoms with Gasteiger partial charge in [-0.25, -0.2) is 0 Å². The van der Waals surface area contributed by atoms with Crippen molar-refractivity contribution in [3.8, 4) is 0 Å². The van der Waals surface area contributed by atoms with Crippen LogP contribution in [0.25, 0.3) is 0 Å². The largest absolute Gasteiger partial charge is 0.395 e. The minimum atomic E-state index is -0.334. The lowest BCUT2D eigenvalue weighted by molar-refractivity contribution is -0.273. The molecule has 1 spiro atoms. The van der Waals surface area contributed by atoms with Crippen LogP contribution < -0.4 is 5.32 Å². The lowest BCUT2D eigenvalue weighted by Crippen LogP contribution is -2.56. The number of fused-ring (bicyclic) bond motifs is 7. The van der Waals surface area contributed by atoms with Crippen molar-refractivity contribution in [3.63, 3.8) is 0 Å². The number of aliphatic hydroxyl groups excluding tert-OH is 1. The molecule has 8 nitrogen and oxygen atoms in total. The van der Waals surface area contributed by atoms with Crippen LogP contribution in [-0.2, 0) is 19.1 Å². The molecule has 2 amide bonds. The van der Waals surface area contributed by atoms with Gasteiger partial charge in [0.2, 0.25) is 11.8 Å². The third-order valence-electron chi connectivity index (χ3n) is 14.8. The smallest absolute Gasteiger partial charge is 0.232 e. The molecule has 7 rings (SSSR count). The number of amides is 2. The van der Waals surface area contributed by atoms with E-state index >= 15 is 0 Å². The van der Waals surface area contributed by atoms with Crippen molar-refractivity contribution in [2.45, 2.75) is 116 Å². The Bertz CT molecular complexity index is 1090. The van der Waals surface area contributed by atoms with Crippen LogP contribution in [0.15, 0.2) is 0 Å². The summed E-state index contributed by atoms with van der Waals surface area (Å²) >= 11 is 0. The van der Waals surface area contributed by atoms with Gasteiger partial charge in [-0.05, 0) is 104 Å². The first-order chi connectivity index (χ1) is 21.1. The quantitative estimate of drug-likeness (QED) is 0.446. The molecule has 4 saturated carbocycles. The molecule has 44 heavy (non-hydrogen) atoms. The Morgan fingerprint density at radius 3 is 2.41 bits per heavy atom. The van der Waals surface area contributed by atoms with E-state index in [0.29, 0.717) is 60.2 Å². The number of nitrogens with one attached hydrogen (secondary N) is 1. The highest BCUT2D eigenvalue weighted by atomic mass is 16.7. The maximum absolute atomic E-state index is 13.0. The summed E-state index contributed by atoms with van der Waals surface area (Å²) in [5, 5.41) is 12.4. The fourth-order valence-corrected chi connectivity index (χ4v) is 12.3. The van der Waals surface area contributed by atoms with Gasteiger partial charge in [0.25, 0.3) is 0 Å². The van der Waals surface area contributed by atoms with Crippen LogP contribution in [0.5, 0.6) is 0 Å². The normalized spacial score (nSPS) is 48.8. The van der Waals surface area contributed by atoms with E-state index in [1.54, 1.807) is 0 Å². The first-order valence-corrected chi connectivity index (χ1v) is 18.3. The average Bonchev–Trinajstić information content (AvgIpc) is 3.45. The Labute approximate surface area is 265 Å². The molecular formula is C36H59N3O5. The van der Waals surface area contributed by atoms with Crippen molar-refractivity contribution < 1.29 is 24.2 Å². The number of nitrogens with zero attached hydrogens (tertiary/aromatic N) is 2. The number of hydrogen-bond donors (Lipinski definition) is 2. The number of β-amino-alcohol motifs (C(OH)–C–C–N with tert-alkyl or cyclic N) is 1. The van der Waals surface area contributed by atoms with Crippen LogP contribution in [-0.4, -0.2) is 90.6 Å². The number of carbonyl (C=O) groups is 2. The lowest BCUT2D eigenvalue weighted by atomic mass is 9.44. The van der Waals surface area contributed by atoms with E-state index in [1.165, 1.54) is 44.9 Å². The number of ether oxygens (including phenoxy) is 2. The van der Waals surface area contributed by atoms with Gasteiger partial charge >= 0.3 is 0 Å². The minimum absolute atomic E-state index is 0.0441. The summed E-state index contributed by atoms with van der Waals surface area (Å²) < 4.78 is 13.5. The molecular weight excluding hydrogens is 554 g/mol. The summed E-state index contributed by atoms with van der Waals surface area (Å²) in [4.78, 5) is 29.8. The van der Waals surface area contributed by atoms with Crippen molar-refractivity contribution in [1.82, 2.24) is 15.1 Å². The monoisotopic (exact) mass is 613 g/mol. The van der Waals surface area contributed by atoms with Crippen molar-refractivity contribution in [2.24, 2.45) is 52.3 Å². The van der Waals surface area contributed by atoms with Gasteiger partial charge in [-0.15, -0.1) is 0 Å². The first-order valence-electron chi connectivity index (χ1n) is 18.3. The van der Waals surface area contributed by atoms with E-state index in [2.05, 4.69) is 37.9 Å². The molecule has 0 bridgehead atoms. The van der Waals surface area contributed by atoms with Crippen LogP contribution in [0.1, 0.15) is 98.3 Å². The number of piperazine rings is 1. The Morgan fingerprint density at radius 2 is 1.68 bits per heavy atom. The number of rotatable bonds is 5. The summed E-state index contributed by atoms with van der Waals surface area (Å²) in [5.41, 5.74) is 0.705. The summed E-state index contributed by atoms with van der Waals surface area (Å²) in [6, 6.07) is 0.190. The van der Waals surface area contributed by atoms with Crippen LogP contribution in [0, 0.1) is 52.3 Å². The molecule has 8 heteroatoms. The van der Waals surface area contributed by atoms with Gasteiger partial charge in [-0.1, -0.05) is 27.7 Å². The van der Waals surface area contributed by atoms with E-state index < -0.39 is 0 Å². The lowest BCUT2D eigenvalue weighted by Gasteiger charge is -2.61. The molecule has 3 aliphatic heterocycles. The second-order valence-corrected chi connectivity index (χ2v) is 16.8. The molecule has 0 aromatic carbocycles. The summed E-state index contributed by atoms with van der Waals surface area (Å²) in [7, 11) is 0. The van der Waals surface area contributed by atoms with E-state index in [0.717, 1.165) is 56.7 Å². The fraction of sp³-hybridized carbons (Fsp3) is 0.944. The fourth-order valence-electron chi connectivity index (χ4n) is 12.3. The second-order valence-electron chi connectivity index (χ2n) is 16.8. The van der Waals surface area contributed by atoms with Crippen molar-refractivity contribution in [2.75, 3.05) is 45.9 Å². The number of hydrogen-bond acceptors (Lipinski definition) is 6. The zero-order chi connectivity index (χ0) is 30.9. The van der Waals surface area contributed by atoms with Crippen LogP contribution in [0.4, 0.5) is 0 Å². The maximum atomic E-state index is 13.0. The summed E-state index contributed by atoms with van der Waals surface area (Å²) in [5.74, 6) is 4.20. The van der Waals surface area contributed by atoms with Gasteiger partial charge < -0.3 is 24.8 Å². The Balaban J connectivity index is 0.943. The average molecular weight is 614 g/mol. The predicted octanol–water partition coefficient (Wildman–Crippen LogP) is 4.44. The number of carbonyl (C=O) groups excluding carboxylic acids is 2. The molecule has 7 fully saturated rings. The van der Waals surface area contributed by atoms with Crippen molar-refractivity contribution in [1.29, 1.82) is 0 Å². The predicted molar refractivity (Wildman–Crippen MR) is 168 cm³/mol. The van der Waals surface area contributed by atoms with E-state index in [9.17, 15) is 9.59 Å². The van der Waals surface area contributed by atoms with Crippen molar-refractivity contribution >= 4 is 11.8 Å². The molecule has 2 N–H and O–H groups in total. The van der Waals surface area contributed by atoms with Crippen LogP contribution in [0.3, 0.4) is 0 Å². The molecule has 0 aromatic heterocycles. The zero-order valence-corrected chi connectivity index (χ0v) is 27.9. The molecule has 3 heterocycles. The Morgan fingerprint density at radius 1 is 0.909 bits per heavy atom. The van der Waals surface area contributed by atoms with E-state index in [-0.39, 0.29) is 36.7 Å². The van der Waals surface area contributed by atoms with Gasteiger partial charge in [-0.3, -0.25) is 14.5 Å². The van der Waals surface area contributed by atoms with Gasteiger partial charge in [0.15, 0.2) is 5.79 Å². The van der Waals surface area contributed by atoms with Crippen LogP contribution >= 0.6 is 0 Å².